The lowest BCUT2D eigenvalue weighted by molar-refractivity contribution is 0.824. The number of rotatable bonds is 0. The average Bonchev–Trinajstić information content (AvgIpc) is 2.33. The third-order valence-electron chi connectivity index (χ3n) is 1.30. The minimum absolute atomic E-state index is 0. The van der Waals surface area contributed by atoms with Crippen LogP contribution in [0.4, 0.5) is 0 Å². The van der Waals surface area contributed by atoms with Crippen LogP contribution in [0, 0.1) is 0 Å². The van der Waals surface area contributed by atoms with E-state index in [1.165, 1.54) is 0 Å². The molecular weight excluding hydrogens is 128 g/mol. The standard InChI is InChI=1S/C7H6N2.H2O/c1-2-5-9-6-4-8-7(9)3-1;/h1-6H;1H2. The predicted molar refractivity (Wildman–Crippen MR) is 38.8 cm³/mol. The van der Waals surface area contributed by atoms with E-state index in [4.69, 9.17) is 0 Å². The van der Waals surface area contributed by atoms with Gasteiger partial charge in [-0.25, -0.2) is 4.98 Å². The molecule has 0 fully saturated rings. The molecule has 2 aromatic heterocycles. The van der Waals surface area contributed by atoms with Crippen LogP contribution >= 0.6 is 0 Å². The maximum absolute atomic E-state index is 4.08. The van der Waals surface area contributed by atoms with E-state index in [9.17, 15) is 0 Å². The van der Waals surface area contributed by atoms with Crippen LogP contribution in [0.15, 0.2) is 36.8 Å². The number of hydrogen-bond acceptors (Lipinski definition) is 1. The number of nitrogens with zero attached hydrogens (tertiary/aromatic N) is 2. The van der Waals surface area contributed by atoms with Gasteiger partial charge in [0.1, 0.15) is 5.65 Å². The molecule has 3 nitrogen and oxygen atoms in total. The fourth-order valence-electron chi connectivity index (χ4n) is 0.864. The Kier molecular flexibility index (Phi) is 1.69. The highest BCUT2D eigenvalue weighted by atomic mass is 16.0. The summed E-state index contributed by atoms with van der Waals surface area (Å²) >= 11 is 0. The molecule has 2 heterocycles. The summed E-state index contributed by atoms with van der Waals surface area (Å²) in [6, 6.07) is 5.93. The highest BCUT2D eigenvalue weighted by Gasteiger charge is 1.85. The zero-order valence-corrected chi connectivity index (χ0v) is 5.36. The van der Waals surface area contributed by atoms with E-state index in [1.807, 2.05) is 35.0 Å². The average molecular weight is 136 g/mol. The van der Waals surface area contributed by atoms with Gasteiger partial charge in [0.2, 0.25) is 0 Å². The minimum Gasteiger partial charge on any atom is -0.412 e. The summed E-state index contributed by atoms with van der Waals surface area (Å²) in [5, 5.41) is 0. The lowest BCUT2D eigenvalue weighted by atomic mass is 10.5. The predicted octanol–water partition coefficient (Wildman–Crippen LogP) is 0.510. The second-order valence-corrected chi connectivity index (χ2v) is 1.89. The van der Waals surface area contributed by atoms with Crippen molar-refractivity contribution in [3.05, 3.63) is 36.8 Å². The molecule has 0 aliphatic rings. The molecule has 0 spiro atoms. The Morgan fingerprint density at radius 3 is 2.90 bits per heavy atom. The summed E-state index contributed by atoms with van der Waals surface area (Å²) < 4.78 is 1.97. The SMILES string of the molecule is O.c1ccn2ccnc2c1. The summed E-state index contributed by atoms with van der Waals surface area (Å²) in [5.41, 5.74) is 0.998. The van der Waals surface area contributed by atoms with Crippen molar-refractivity contribution in [3.63, 3.8) is 0 Å². The molecule has 0 unspecified atom stereocenters. The van der Waals surface area contributed by atoms with Gasteiger partial charge in [0.15, 0.2) is 0 Å². The molecule has 52 valence electrons. The number of aromatic nitrogens is 2. The molecule has 2 N–H and O–H groups in total. The van der Waals surface area contributed by atoms with Crippen molar-refractivity contribution >= 4 is 5.65 Å². The van der Waals surface area contributed by atoms with Gasteiger partial charge in [0, 0.05) is 18.6 Å². The molecule has 0 saturated heterocycles. The van der Waals surface area contributed by atoms with E-state index in [1.54, 1.807) is 6.20 Å². The molecule has 0 radical (unpaired) electrons. The van der Waals surface area contributed by atoms with Crippen LogP contribution in [0.25, 0.3) is 5.65 Å². The van der Waals surface area contributed by atoms with Crippen LogP contribution < -0.4 is 0 Å². The van der Waals surface area contributed by atoms with Crippen molar-refractivity contribution in [1.82, 2.24) is 9.38 Å². The number of hydrogen-bond donors (Lipinski definition) is 0. The zero-order chi connectivity index (χ0) is 6.10. The summed E-state index contributed by atoms with van der Waals surface area (Å²) in [5.74, 6) is 0. The topological polar surface area (TPSA) is 48.8 Å². The van der Waals surface area contributed by atoms with Gasteiger partial charge in [-0.15, -0.1) is 0 Å². The lowest BCUT2D eigenvalue weighted by Gasteiger charge is -1.86. The van der Waals surface area contributed by atoms with Gasteiger partial charge >= 0.3 is 0 Å². The maximum atomic E-state index is 4.08. The second kappa shape index (κ2) is 2.49. The summed E-state index contributed by atoms with van der Waals surface area (Å²) in [6.45, 7) is 0. The van der Waals surface area contributed by atoms with Gasteiger partial charge in [0.05, 0.1) is 0 Å². The smallest absolute Gasteiger partial charge is 0.136 e. The highest BCUT2D eigenvalue weighted by molar-refractivity contribution is 5.36. The first kappa shape index (κ1) is 6.77. The molecule has 0 saturated carbocycles. The molecule has 2 aromatic rings. The first-order valence-electron chi connectivity index (χ1n) is 2.84. The van der Waals surface area contributed by atoms with Crippen LogP contribution in [0.3, 0.4) is 0 Å². The van der Waals surface area contributed by atoms with Gasteiger partial charge in [-0.2, -0.15) is 0 Å². The Labute approximate surface area is 58.2 Å². The first-order chi connectivity index (χ1) is 4.47. The molecule has 3 heteroatoms. The number of imidazole rings is 1. The third kappa shape index (κ3) is 0.867. The summed E-state index contributed by atoms with van der Waals surface area (Å²) in [7, 11) is 0. The van der Waals surface area contributed by atoms with Crippen molar-refractivity contribution in [3.8, 4) is 0 Å². The van der Waals surface area contributed by atoms with Crippen LogP contribution in [-0.4, -0.2) is 14.9 Å². The Morgan fingerprint density at radius 2 is 2.10 bits per heavy atom. The molecule has 0 aliphatic carbocycles. The van der Waals surface area contributed by atoms with E-state index in [0.717, 1.165) is 5.65 Å². The minimum atomic E-state index is 0. The highest BCUT2D eigenvalue weighted by Crippen LogP contribution is 1.96. The zero-order valence-electron chi connectivity index (χ0n) is 5.36. The Bertz CT molecular complexity index is 286. The molecule has 0 aliphatic heterocycles. The van der Waals surface area contributed by atoms with Crippen molar-refractivity contribution < 1.29 is 5.48 Å². The van der Waals surface area contributed by atoms with E-state index < -0.39 is 0 Å². The van der Waals surface area contributed by atoms with E-state index >= 15 is 0 Å². The lowest BCUT2D eigenvalue weighted by Crippen LogP contribution is -1.77. The maximum Gasteiger partial charge on any atom is 0.136 e. The summed E-state index contributed by atoms with van der Waals surface area (Å²) in [4.78, 5) is 4.08. The Balaban J connectivity index is 0.000000500. The van der Waals surface area contributed by atoms with Crippen molar-refractivity contribution in [2.75, 3.05) is 0 Å². The van der Waals surface area contributed by atoms with Crippen LogP contribution in [0.2, 0.25) is 0 Å². The van der Waals surface area contributed by atoms with Crippen molar-refractivity contribution in [2.45, 2.75) is 0 Å². The summed E-state index contributed by atoms with van der Waals surface area (Å²) in [6.07, 6.45) is 5.69. The van der Waals surface area contributed by atoms with E-state index in [-0.39, 0.29) is 5.48 Å². The van der Waals surface area contributed by atoms with Gasteiger partial charge in [0.25, 0.3) is 0 Å². The monoisotopic (exact) mass is 136 g/mol. The van der Waals surface area contributed by atoms with Gasteiger partial charge < -0.3 is 9.88 Å². The van der Waals surface area contributed by atoms with Crippen LogP contribution in [-0.2, 0) is 0 Å². The Hall–Kier alpha value is -1.35. The van der Waals surface area contributed by atoms with E-state index in [0.29, 0.717) is 0 Å². The Morgan fingerprint density at radius 1 is 1.20 bits per heavy atom. The molecule has 10 heavy (non-hydrogen) atoms. The van der Waals surface area contributed by atoms with Crippen LogP contribution in [0.5, 0.6) is 0 Å². The molecule has 0 bridgehead atoms. The fraction of sp³-hybridized carbons (Fsp3) is 0. The van der Waals surface area contributed by atoms with Gasteiger partial charge in [-0.3, -0.25) is 0 Å². The molecule has 0 aromatic carbocycles. The molecular formula is C7H8N2O. The van der Waals surface area contributed by atoms with Crippen LogP contribution in [0.1, 0.15) is 0 Å². The quantitative estimate of drug-likeness (QED) is 0.520. The van der Waals surface area contributed by atoms with Crippen molar-refractivity contribution in [1.29, 1.82) is 0 Å². The number of pyridine rings is 1. The van der Waals surface area contributed by atoms with Gasteiger partial charge in [-0.1, -0.05) is 6.07 Å². The van der Waals surface area contributed by atoms with E-state index in [2.05, 4.69) is 4.98 Å². The van der Waals surface area contributed by atoms with Gasteiger partial charge in [-0.05, 0) is 12.1 Å². The fourth-order valence-corrected chi connectivity index (χ4v) is 0.864. The largest absolute Gasteiger partial charge is 0.412 e. The van der Waals surface area contributed by atoms with Crippen molar-refractivity contribution in [2.24, 2.45) is 0 Å². The molecule has 0 amide bonds. The first-order valence-corrected chi connectivity index (χ1v) is 2.84. The number of fused-ring (bicyclic) bond motifs is 1. The molecule has 2 rings (SSSR count). The molecule has 0 atom stereocenters. The normalized spacial score (nSPS) is 9.20. The second-order valence-electron chi connectivity index (χ2n) is 1.89. The third-order valence-corrected chi connectivity index (χ3v) is 1.30.